The van der Waals surface area contributed by atoms with Crippen molar-refractivity contribution in [2.24, 2.45) is 0 Å². The monoisotopic (exact) mass is 301 g/mol. The van der Waals surface area contributed by atoms with Gasteiger partial charge < -0.3 is 4.74 Å². The van der Waals surface area contributed by atoms with Crippen LogP contribution >= 0.6 is 27.3 Å². The lowest BCUT2D eigenvalue weighted by molar-refractivity contribution is 0.309. The number of hydrogen-bond donors (Lipinski definition) is 0. The summed E-state index contributed by atoms with van der Waals surface area (Å²) in [6.07, 6.45) is 1.79. The minimum absolute atomic E-state index is 0.291. The average molecular weight is 302 g/mol. The van der Waals surface area contributed by atoms with Crippen molar-refractivity contribution in [2.45, 2.75) is 13.5 Å². The molecule has 1 aromatic carbocycles. The van der Waals surface area contributed by atoms with Gasteiger partial charge in [0.25, 0.3) is 0 Å². The smallest absolute Gasteiger partial charge is 0.137 e. The molecule has 2 nitrogen and oxygen atoms in total. The number of halogens is 2. The molecule has 0 radical (unpaired) electrons. The van der Waals surface area contributed by atoms with Gasteiger partial charge in [-0.3, -0.25) is 0 Å². The first kappa shape index (κ1) is 11.5. The van der Waals surface area contributed by atoms with Gasteiger partial charge in [-0.25, -0.2) is 9.37 Å². The van der Waals surface area contributed by atoms with Crippen molar-refractivity contribution in [3.63, 3.8) is 0 Å². The number of ether oxygens (including phenoxy) is 1. The Morgan fingerprint density at radius 3 is 2.94 bits per heavy atom. The van der Waals surface area contributed by atoms with Crippen LogP contribution in [0, 0.1) is 12.7 Å². The van der Waals surface area contributed by atoms with Gasteiger partial charge in [0, 0.05) is 6.20 Å². The molecule has 1 heterocycles. The van der Waals surface area contributed by atoms with Gasteiger partial charge in [-0.1, -0.05) is 0 Å². The third-order valence-electron chi connectivity index (χ3n) is 1.94. The lowest BCUT2D eigenvalue weighted by Crippen LogP contribution is -1.93. The van der Waals surface area contributed by atoms with Crippen LogP contribution in [-0.2, 0) is 6.61 Å². The van der Waals surface area contributed by atoms with Gasteiger partial charge in [0.2, 0.25) is 0 Å². The lowest BCUT2D eigenvalue weighted by Gasteiger charge is -2.04. The van der Waals surface area contributed by atoms with Gasteiger partial charge in [0.1, 0.15) is 18.2 Å². The summed E-state index contributed by atoms with van der Waals surface area (Å²) in [5.41, 5.74) is 0. The molecule has 2 rings (SSSR count). The van der Waals surface area contributed by atoms with Crippen LogP contribution in [0.15, 0.2) is 28.9 Å². The van der Waals surface area contributed by atoms with Gasteiger partial charge in [0.05, 0.1) is 14.4 Å². The summed E-state index contributed by atoms with van der Waals surface area (Å²) < 4.78 is 18.9. The topological polar surface area (TPSA) is 22.1 Å². The van der Waals surface area contributed by atoms with Crippen LogP contribution in [0.5, 0.6) is 5.75 Å². The standard InChI is InChI=1S/C11H9BrFNOS/c1-7-14-5-9(16-7)6-15-8-2-3-11(13)10(12)4-8/h2-5H,6H2,1H3. The van der Waals surface area contributed by atoms with Crippen molar-refractivity contribution in [2.75, 3.05) is 0 Å². The molecule has 84 valence electrons. The molecule has 0 aliphatic carbocycles. The van der Waals surface area contributed by atoms with E-state index in [4.69, 9.17) is 4.74 Å². The summed E-state index contributed by atoms with van der Waals surface area (Å²) in [7, 11) is 0. The maximum absolute atomic E-state index is 13.0. The molecule has 0 unspecified atom stereocenters. The summed E-state index contributed by atoms with van der Waals surface area (Å²) in [6.45, 7) is 2.41. The van der Waals surface area contributed by atoms with Crippen molar-refractivity contribution < 1.29 is 9.13 Å². The SMILES string of the molecule is Cc1ncc(COc2ccc(F)c(Br)c2)s1. The van der Waals surface area contributed by atoms with E-state index in [0.29, 0.717) is 16.8 Å². The predicted molar refractivity (Wildman–Crippen MR) is 65.3 cm³/mol. The fourth-order valence-corrected chi connectivity index (χ4v) is 2.26. The first-order chi connectivity index (χ1) is 7.65. The van der Waals surface area contributed by atoms with Gasteiger partial charge in [0.15, 0.2) is 0 Å². The normalized spacial score (nSPS) is 10.4. The molecule has 1 aromatic heterocycles. The quantitative estimate of drug-likeness (QED) is 0.857. The second-order valence-electron chi connectivity index (χ2n) is 3.21. The highest BCUT2D eigenvalue weighted by atomic mass is 79.9. The number of nitrogens with zero attached hydrogens (tertiary/aromatic N) is 1. The number of hydrogen-bond acceptors (Lipinski definition) is 3. The van der Waals surface area contributed by atoms with Crippen LogP contribution < -0.4 is 4.74 Å². The molecule has 0 bridgehead atoms. The number of aromatic nitrogens is 1. The molecule has 0 spiro atoms. The molecule has 2 aromatic rings. The van der Waals surface area contributed by atoms with Crippen LogP contribution in [0.1, 0.15) is 9.88 Å². The molecule has 0 amide bonds. The summed E-state index contributed by atoms with van der Waals surface area (Å²) >= 11 is 4.70. The highest BCUT2D eigenvalue weighted by Crippen LogP contribution is 2.23. The van der Waals surface area contributed by atoms with Crippen LogP contribution in [0.25, 0.3) is 0 Å². The summed E-state index contributed by atoms with van der Waals surface area (Å²) in [4.78, 5) is 5.18. The Labute approximate surface area is 105 Å². The van der Waals surface area contributed by atoms with Gasteiger partial charge in [-0.15, -0.1) is 11.3 Å². The molecule has 0 aliphatic rings. The molecule has 0 saturated heterocycles. The van der Waals surface area contributed by atoms with E-state index < -0.39 is 0 Å². The van der Waals surface area contributed by atoms with E-state index in [1.807, 2.05) is 6.92 Å². The highest BCUT2D eigenvalue weighted by molar-refractivity contribution is 9.10. The zero-order valence-corrected chi connectivity index (χ0v) is 10.9. The average Bonchev–Trinajstić information content (AvgIpc) is 2.66. The first-order valence-electron chi connectivity index (χ1n) is 4.64. The van der Waals surface area contributed by atoms with Crippen molar-refractivity contribution in [1.29, 1.82) is 0 Å². The molecular formula is C11H9BrFNOS. The van der Waals surface area contributed by atoms with Gasteiger partial charge in [-0.05, 0) is 41.1 Å². The van der Waals surface area contributed by atoms with Gasteiger partial charge in [-0.2, -0.15) is 0 Å². The predicted octanol–water partition coefficient (Wildman–Crippen LogP) is 3.93. The first-order valence-corrected chi connectivity index (χ1v) is 6.25. The minimum Gasteiger partial charge on any atom is -0.488 e. The minimum atomic E-state index is -0.291. The zero-order chi connectivity index (χ0) is 11.5. The molecule has 16 heavy (non-hydrogen) atoms. The largest absolute Gasteiger partial charge is 0.488 e. The summed E-state index contributed by atoms with van der Waals surface area (Å²) in [6, 6.07) is 4.59. The zero-order valence-electron chi connectivity index (χ0n) is 8.54. The van der Waals surface area contributed by atoms with Gasteiger partial charge >= 0.3 is 0 Å². The van der Waals surface area contributed by atoms with Crippen LogP contribution in [0.2, 0.25) is 0 Å². The van der Waals surface area contributed by atoms with Crippen molar-refractivity contribution in [3.8, 4) is 5.75 Å². The molecule has 5 heteroatoms. The molecule has 0 N–H and O–H groups in total. The van der Waals surface area contributed by atoms with E-state index in [1.54, 1.807) is 29.7 Å². The Morgan fingerprint density at radius 2 is 2.31 bits per heavy atom. The lowest BCUT2D eigenvalue weighted by atomic mass is 10.3. The van der Waals surface area contributed by atoms with Crippen LogP contribution in [0.4, 0.5) is 4.39 Å². The van der Waals surface area contributed by atoms with Crippen molar-refractivity contribution >= 4 is 27.3 Å². The summed E-state index contributed by atoms with van der Waals surface area (Å²) in [5.74, 6) is 0.348. The fourth-order valence-electron chi connectivity index (χ4n) is 1.19. The highest BCUT2D eigenvalue weighted by Gasteiger charge is 2.03. The second kappa shape index (κ2) is 4.93. The Kier molecular flexibility index (Phi) is 3.56. The number of thiazole rings is 1. The second-order valence-corrected chi connectivity index (χ2v) is 5.38. The summed E-state index contributed by atoms with van der Waals surface area (Å²) in [5, 5.41) is 1.01. The Hall–Kier alpha value is -0.940. The number of rotatable bonds is 3. The van der Waals surface area contributed by atoms with Crippen LogP contribution in [0.3, 0.4) is 0 Å². The maximum Gasteiger partial charge on any atom is 0.137 e. The molecule has 0 atom stereocenters. The van der Waals surface area contributed by atoms with Crippen molar-refractivity contribution in [3.05, 3.63) is 44.6 Å². The van der Waals surface area contributed by atoms with E-state index in [2.05, 4.69) is 20.9 Å². The van der Waals surface area contributed by atoms with Crippen molar-refractivity contribution in [1.82, 2.24) is 4.98 Å². The van der Waals surface area contributed by atoms with Crippen LogP contribution in [-0.4, -0.2) is 4.98 Å². The molecule has 0 aliphatic heterocycles. The van der Waals surface area contributed by atoms with E-state index >= 15 is 0 Å². The molecule has 0 saturated carbocycles. The number of benzene rings is 1. The van der Waals surface area contributed by atoms with E-state index in [-0.39, 0.29) is 5.82 Å². The van der Waals surface area contributed by atoms with E-state index in [0.717, 1.165) is 9.88 Å². The Bertz CT molecular complexity index is 500. The number of aryl methyl sites for hydroxylation is 1. The maximum atomic E-state index is 13.0. The fraction of sp³-hybridized carbons (Fsp3) is 0.182. The molecule has 0 fully saturated rings. The third kappa shape index (κ3) is 2.80. The third-order valence-corrected chi connectivity index (χ3v) is 3.44. The Balaban J connectivity index is 2.02. The molecular weight excluding hydrogens is 293 g/mol. The Morgan fingerprint density at radius 1 is 1.50 bits per heavy atom. The van der Waals surface area contributed by atoms with E-state index in [9.17, 15) is 4.39 Å². The van der Waals surface area contributed by atoms with E-state index in [1.165, 1.54) is 6.07 Å².